The van der Waals surface area contributed by atoms with Crippen LogP contribution in [0.4, 0.5) is 4.39 Å². The molecule has 0 aliphatic carbocycles. The van der Waals surface area contributed by atoms with Gasteiger partial charge in [0.15, 0.2) is 11.6 Å². The van der Waals surface area contributed by atoms with Gasteiger partial charge in [-0.25, -0.2) is 4.39 Å². The Morgan fingerprint density at radius 2 is 2.05 bits per heavy atom. The Morgan fingerprint density at radius 1 is 1.26 bits per heavy atom. The average Bonchev–Trinajstić information content (AvgIpc) is 2.36. The molecule has 0 aliphatic heterocycles. The maximum Gasteiger partial charge on any atom is 0.165 e. The fourth-order valence-electron chi connectivity index (χ4n) is 1.73. The molecule has 0 spiro atoms. The smallest absolute Gasteiger partial charge is 0.165 e. The van der Waals surface area contributed by atoms with Gasteiger partial charge in [0, 0.05) is 32.2 Å². The van der Waals surface area contributed by atoms with Gasteiger partial charge in [0.05, 0.1) is 6.61 Å². The number of benzene rings is 1. The molecule has 1 rings (SSSR count). The normalized spacial score (nSPS) is 11.0. The van der Waals surface area contributed by atoms with Crippen LogP contribution in [0.2, 0.25) is 0 Å². The first-order valence-electron chi connectivity index (χ1n) is 6.75. The highest BCUT2D eigenvalue weighted by Gasteiger charge is 2.09. The molecule has 0 aromatic heterocycles. The molecule has 108 valence electrons. The van der Waals surface area contributed by atoms with Crippen LogP contribution in [0.15, 0.2) is 18.2 Å². The first-order valence-corrected chi connectivity index (χ1v) is 6.75. The minimum Gasteiger partial charge on any atom is -0.490 e. The Balaban J connectivity index is 2.56. The molecule has 0 bridgehead atoms. The zero-order valence-electron chi connectivity index (χ0n) is 12.0. The summed E-state index contributed by atoms with van der Waals surface area (Å²) in [6.45, 7) is 6.89. The van der Waals surface area contributed by atoms with E-state index in [1.54, 1.807) is 13.2 Å². The van der Waals surface area contributed by atoms with Crippen molar-refractivity contribution >= 4 is 0 Å². The van der Waals surface area contributed by atoms with Gasteiger partial charge in [-0.3, -0.25) is 0 Å². The molecule has 0 atom stereocenters. The number of methoxy groups -OCH3 is 1. The number of halogens is 1. The van der Waals surface area contributed by atoms with Crippen molar-refractivity contribution in [2.45, 2.75) is 26.8 Å². The van der Waals surface area contributed by atoms with Crippen molar-refractivity contribution in [3.63, 3.8) is 0 Å². The third-order valence-corrected chi connectivity index (χ3v) is 2.66. The van der Waals surface area contributed by atoms with E-state index < -0.39 is 0 Å². The molecule has 0 heterocycles. The van der Waals surface area contributed by atoms with E-state index in [2.05, 4.69) is 19.2 Å². The van der Waals surface area contributed by atoms with Crippen LogP contribution in [0.25, 0.3) is 0 Å². The van der Waals surface area contributed by atoms with Gasteiger partial charge >= 0.3 is 0 Å². The molecule has 0 aliphatic rings. The molecule has 19 heavy (non-hydrogen) atoms. The molecule has 0 fully saturated rings. The minimum atomic E-state index is -0.304. The third kappa shape index (κ3) is 6.03. The summed E-state index contributed by atoms with van der Waals surface area (Å²) >= 11 is 0. The first-order chi connectivity index (χ1) is 9.15. The van der Waals surface area contributed by atoms with E-state index in [1.807, 2.05) is 6.07 Å². The fourth-order valence-corrected chi connectivity index (χ4v) is 1.73. The Kier molecular flexibility index (Phi) is 7.45. The number of para-hydroxylation sites is 1. The van der Waals surface area contributed by atoms with Crippen molar-refractivity contribution in [1.82, 2.24) is 5.32 Å². The Labute approximate surface area is 115 Å². The molecule has 0 amide bonds. The second kappa shape index (κ2) is 8.88. The molecule has 0 saturated carbocycles. The van der Waals surface area contributed by atoms with E-state index in [-0.39, 0.29) is 5.82 Å². The van der Waals surface area contributed by atoms with E-state index in [9.17, 15) is 4.39 Å². The van der Waals surface area contributed by atoms with E-state index in [1.165, 1.54) is 6.07 Å². The van der Waals surface area contributed by atoms with Gasteiger partial charge in [-0.2, -0.15) is 0 Å². The molecule has 4 heteroatoms. The average molecular weight is 269 g/mol. The standard InChI is InChI=1S/C15H24FNO2/c1-12(2)10-17-11-13-6-4-7-14(16)15(13)19-9-5-8-18-3/h4,6-7,12,17H,5,8-11H2,1-3H3. The molecule has 0 unspecified atom stereocenters. The summed E-state index contributed by atoms with van der Waals surface area (Å²) in [5.74, 6) is 0.621. The van der Waals surface area contributed by atoms with Crippen molar-refractivity contribution < 1.29 is 13.9 Å². The van der Waals surface area contributed by atoms with Crippen molar-refractivity contribution in [2.24, 2.45) is 5.92 Å². The molecule has 0 saturated heterocycles. The van der Waals surface area contributed by atoms with Crippen molar-refractivity contribution in [1.29, 1.82) is 0 Å². The number of hydrogen-bond acceptors (Lipinski definition) is 3. The quantitative estimate of drug-likeness (QED) is 0.699. The molecule has 1 aromatic rings. The van der Waals surface area contributed by atoms with Crippen LogP contribution >= 0.6 is 0 Å². The summed E-state index contributed by atoms with van der Waals surface area (Å²) in [5, 5.41) is 3.30. The highest BCUT2D eigenvalue weighted by Crippen LogP contribution is 2.22. The Hall–Kier alpha value is -1.13. The number of hydrogen-bond donors (Lipinski definition) is 1. The van der Waals surface area contributed by atoms with Gasteiger partial charge < -0.3 is 14.8 Å². The van der Waals surface area contributed by atoms with Crippen LogP contribution < -0.4 is 10.1 Å². The predicted molar refractivity (Wildman–Crippen MR) is 74.9 cm³/mol. The van der Waals surface area contributed by atoms with E-state index in [0.29, 0.717) is 31.4 Å². The zero-order valence-corrected chi connectivity index (χ0v) is 12.0. The fraction of sp³-hybridized carbons (Fsp3) is 0.600. The number of ether oxygens (including phenoxy) is 2. The van der Waals surface area contributed by atoms with Gasteiger partial charge in [-0.05, 0) is 18.5 Å². The lowest BCUT2D eigenvalue weighted by Gasteiger charge is -2.13. The van der Waals surface area contributed by atoms with Crippen LogP contribution in [0.5, 0.6) is 5.75 Å². The highest BCUT2D eigenvalue weighted by molar-refractivity contribution is 5.34. The second-order valence-electron chi connectivity index (χ2n) is 4.95. The summed E-state index contributed by atoms with van der Waals surface area (Å²) in [6.07, 6.45) is 0.754. The van der Waals surface area contributed by atoms with Crippen molar-refractivity contribution in [3.8, 4) is 5.75 Å². The largest absolute Gasteiger partial charge is 0.490 e. The van der Waals surface area contributed by atoms with Crippen LogP contribution in [-0.2, 0) is 11.3 Å². The summed E-state index contributed by atoms with van der Waals surface area (Å²) < 4.78 is 24.2. The minimum absolute atomic E-state index is 0.304. The molecule has 1 N–H and O–H groups in total. The SMILES string of the molecule is COCCCOc1c(F)cccc1CNCC(C)C. The monoisotopic (exact) mass is 269 g/mol. The lowest BCUT2D eigenvalue weighted by Crippen LogP contribution is -2.19. The molecule has 1 aromatic carbocycles. The maximum atomic E-state index is 13.8. The van der Waals surface area contributed by atoms with Crippen LogP contribution in [0, 0.1) is 11.7 Å². The van der Waals surface area contributed by atoms with Gasteiger partial charge in [-0.15, -0.1) is 0 Å². The van der Waals surface area contributed by atoms with E-state index >= 15 is 0 Å². The number of rotatable bonds is 9. The van der Waals surface area contributed by atoms with Gasteiger partial charge in [0.2, 0.25) is 0 Å². The maximum absolute atomic E-state index is 13.8. The van der Waals surface area contributed by atoms with Gasteiger partial charge in [0.1, 0.15) is 0 Å². The summed E-state index contributed by atoms with van der Waals surface area (Å²) in [6, 6.07) is 5.03. The van der Waals surface area contributed by atoms with E-state index in [0.717, 1.165) is 18.5 Å². The van der Waals surface area contributed by atoms with Gasteiger partial charge in [0.25, 0.3) is 0 Å². The van der Waals surface area contributed by atoms with Crippen molar-refractivity contribution in [3.05, 3.63) is 29.6 Å². The highest BCUT2D eigenvalue weighted by atomic mass is 19.1. The lowest BCUT2D eigenvalue weighted by atomic mass is 10.1. The molecule has 0 radical (unpaired) electrons. The molecular formula is C15H24FNO2. The summed E-state index contributed by atoms with van der Waals surface area (Å²) in [5.41, 5.74) is 0.859. The van der Waals surface area contributed by atoms with Gasteiger partial charge in [-0.1, -0.05) is 26.0 Å². The van der Waals surface area contributed by atoms with Crippen LogP contribution in [0.3, 0.4) is 0 Å². The second-order valence-corrected chi connectivity index (χ2v) is 4.95. The Bertz CT molecular complexity index is 369. The van der Waals surface area contributed by atoms with Crippen molar-refractivity contribution in [2.75, 3.05) is 26.9 Å². The zero-order chi connectivity index (χ0) is 14.1. The van der Waals surface area contributed by atoms with E-state index in [4.69, 9.17) is 9.47 Å². The molecular weight excluding hydrogens is 245 g/mol. The lowest BCUT2D eigenvalue weighted by molar-refractivity contribution is 0.170. The predicted octanol–water partition coefficient (Wildman–Crippen LogP) is 2.99. The molecule has 3 nitrogen and oxygen atoms in total. The third-order valence-electron chi connectivity index (χ3n) is 2.66. The Morgan fingerprint density at radius 3 is 2.74 bits per heavy atom. The van der Waals surface area contributed by atoms with Crippen LogP contribution in [0.1, 0.15) is 25.8 Å². The summed E-state index contributed by atoms with van der Waals surface area (Å²) in [7, 11) is 1.64. The summed E-state index contributed by atoms with van der Waals surface area (Å²) in [4.78, 5) is 0. The van der Waals surface area contributed by atoms with Crippen LogP contribution in [-0.4, -0.2) is 26.9 Å². The topological polar surface area (TPSA) is 30.5 Å². The number of nitrogens with one attached hydrogen (secondary N) is 1. The first kappa shape index (κ1) is 15.9.